The first-order valence-corrected chi connectivity index (χ1v) is 7.53. The highest BCUT2D eigenvalue weighted by molar-refractivity contribution is 5.92. The molecule has 0 spiro atoms. The summed E-state index contributed by atoms with van der Waals surface area (Å²) in [7, 11) is 0. The van der Waals surface area contributed by atoms with Crippen LogP contribution in [0.3, 0.4) is 0 Å². The first kappa shape index (κ1) is 16.1. The Kier molecular flexibility index (Phi) is 4.93. The van der Waals surface area contributed by atoms with E-state index in [2.05, 4.69) is 31.7 Å². The van der Waals surface area contributed by atoms with Gasteiger partial charge >= 0.3 is 0 Å². The van der Waals surface area contributed by atoms with Crippen LogP contribution in [0.1, 0.15) is 21.7 Å². The SMILES string of the molecule is N#Cc1cccc(Nc2nccc(C(=O)NCc3ccccn3)n2)c1. The second-order valence-electron chi connectivity index (χ2n) is 5.09. The minimum absolute atomic E-state index is 0.241. The van der Waals surface area contributed by atoms with Gasteiger partial charge in [0, 0.05) is 18.1 Å². The van der Waals surface area contributed by atoms with Crippen molar-refractivity contribution >= 4 is 17.5 Å². The van der Waals surface area contributed by atoms with Crippen LogP contribution in [0, 0.1) is 11.3 Å². The number of nitrogens with one attached hydrogen (secondary N) is 2. The average molecular weight is 330 g/mol. The van der Waals surface area contributed by atoms with Gasteiger partial charge in [-0.2, -0.15) is 5.26 Å². The number of anilines is 2. The van der Waals surface area contributed by atoms with Gasteiger partial charge < -0.3 is 10.6 Å². The second kappa shape index (κ2) is 7.66. The molecule has 0 aliphatic carbocycles. The van der Waals surface area contributed by atoms with Gasteiger partial charge in [0.15, 0.2) is 0 Å². The Bertz CT molecular complexity index is 920. The number of pyridine rings is 1. The summed E-state index contributed by atoms with van der Waals surface area (Å²) in [5, 5.41) is 14.7. The van der Waals surface area contributed by atoms with Gasteiger partial charge in [-0.05, 0) is 36.4 Å². The monoisotopic (exact) mass is 330 g/mol. The fourth-order valence-electron chi connectivity index (χ4n) is 2.11. The number of aromatic nitrogens is 3. The van der Waals surface area contributed by atoms with Gasteiger partial charge in [0.1, 0.15) is 5.69 Å². The maximum absolute atomic E-state index is 12.2. The molecule has 0 atom stereocenters. The fraction of sp³-hybridized carbons (Fsp3) is 0.0556. The molecule has 1 aromatic carbocycles. The summed E-state index contributed by atoms with van der Waals surface area (Å²) in [6, 6.07) is 16.0. The molecule has 3 aromatic rings. The molecule has 3 rings (SSSR count). The lowest BCUT2D eigenvalue weighted by Gasteiger charge is -2.07. The van der Waals surface area contributed by atoms with E-state index in [1.54, 1.807) is 30.5 Å². The maximum atomic E-state index is 12.2. The van der Waals surface area contributed by atoms with Crippen LogP contribution in [-0.4, -0.2) is 20.9 Å². The van der Waals surface area contributed by atoms with Crippen molar-refractivity contribution in [1.82, 2.24) is 20.3 Å². The summed E-state index contributed by atoms with van der Waals surface area (Å²) in [4.78, 5) is 24.7. The minimum Gasteiger partial charge on any atom is -0.345 e. The van der Waals surface area contributed by atoms with Crippen molar-refractivity contribution in [1.29, 1.82) is 5.26 Å². The molecule has 25 heavy (non-hydrogen) atoms. The molecule has 7 nitrogen and oxygen atoms in total. The molecule has 1 amide bonds. The quantitative estimate of drug-likeness (QED) is 0.744. The van der Waals surface area contributed by atoms with E-state index in [4.69, 9.17) is 5.26 Å². The zero-order valence-electron chi connectivity index (χ0n) is 13.2. The molecule has 0 saturated carbocycles. The fourth-order valence-corrected chi connectivity index (χ4v) is 2.11. The molecular weight excluding hydrogens is 316 g/mol. The van der Waals surface area contributed by atoms with Crippen LogP contribution < -0.4 is 10.6 Å². The van der Waals surface area contributed by atoms with Crippen LogP contribution in [0.15, 0.2) is 60.9 Å². The van der Waals surface area contributed by atoms with Gasteiger partial charge in [-0.1, -0.05) is 12.1 Å². The Morgan fingerprint density at radius 3 is 2.80 bits per heavy atom. The number of hydrogen-bond donors (Lipinski definition) is 2. The van der Waals surface area contributed by atoms with Gasteiger partial charge in [-0.3, -0.25) is 9.78 Å². The zero-order chi connectivity index (χ0) is 17.5. The molecule has 7 heteroatoms. The van der Waals surface area contributed by atoms with E-state index in [1.165, 1.54) is 12.3 Å². The van der Waals surface area contributed by atoms with Crippen molar-refractivity contribution in [2.75, 3.05) is 5.32 Å². The number of nitriles is 1. The predicted molar refractivity (Wildman–Crippen MR) is 91.9 cm³/mol. The third kappa shape index (κ3) is 4.36. The lowest BCUT2D eigenvalue weighted by atomic mass is 10.2. The van der Waals surface area contributed by atoms with Crippen LogP contribution in [0.5, 0.6) is 0 Å². The van der Waals surface area contributed by atoms with Crippen molar-refractivity contribution in [2.45, 2.75) is 6.54 Å². The highest BCUT2D eigenvalue weighted by Gasteiger charge is 2.09. The zero-order valence-corrected chi connectivity index (χ0v) is 13.2. The number of benzene rings is 1. The smallest absolute Gasteiger partial charge is 0.270 e. The summed E-state index contributed by atoms with van der Waals surface area (Å²) in [6.07, 6.45) is 3.17. The molecule has 0 saturated heterocycles. The summed E-state index contributed by atoms with van der Waals surface area (Å²) < 4.78 is 0. The molecule has 0 radical (unpaired) electrons. The topological polar surface area (TPSA) is 104 Å². The molecule has 0 bridgehead atoms. The molecule has 2 N–H and O–H groups in total. The highest BCUT2D eigenvalue weighted by atomic mass is 16.1. The molecule has 0 fully saturated rings. The molecular formula is C18H14N6O. The number of amides is 1. The Morgan fingerprint density at radius 2 is 2.00 bits per heavy atom. The molecule has 0 aliphatic rings. The average Bonchev–Trinajstić information content (AvgIpc) is 2.67. The molecule has 122 valence electrons. The number of nitrogens with zero attached hydrogens (tertiary/aromatic N) is 4. The normalized spacial score (nSPS) is 9.88. The summed E-state index contributed by atoms with van der Waals surface area (Å²) in [5.74, 6) is -0.0394. The van der Waals surface area contributed by atoms with Crippen LogP contribution >= 0.6 is 0 Å². The van der Waals surface area contributed by atoms with Gasteiger partial charge in [-0.25, -0.2) is 9.97 Å². The van der Waals surface area contributed by atoms with Gasteiger partial charge in [0.25, 0.3) is 5.91 Å². The van der Waals surface area contributed by atoms with Crippen LogP contribution in [-0.2, 0) is 6.54 Å². The van der Waals surface area contributed by atoms with Crippen molar-refractivity contribution in [3.8, 4) is 6.07 Å². The summed E-state index contributed by atoms with van der Waals surface area (Å²) in [6.45, 7) is 0.316. The van der Waals surface area contributed by atoms with Crippen LogP contribution in [0.2, 0.25) is 0 Å². The van der Waals surface area contributed by atoms with E-state index in [0.717, 1.165) is 5.69 Å². The van der Waals surface area contributed by atoms with Crippen LogP contribution in [0.4, 0.5) is 11.6 Å². The van der Waals surface area contributed by atoms with Gasteiger partial charge in [0.2, 0.25) is 5.95 Å². The Morgan fingerprint density at radius 1 is 1.08 bits per heavy atom. The molecule has 2 heterocycles. The van der Waals surface area contributed by atoms with Crippen LogP contribution in [0.25, 0.3) is 0 Å². The predicted octanol–water partition coefficient (Wildman–Crippen LogP) is 2.42. The van der Waals surface area contributed by atoms with E-state index in [-0.39, 0.29) is 17.5 Å². The summed E-state index contributed by atoms with van der Waals surface area (Å²) in [5.41, 5.74) is 2.20. The Balaban J connectivity index is 1.68. The highest BCUT2D eigenvalue weighted by Crippen LogP contribution is 2.14. The van der Waals surface area contributed by atoms with E-state index in [1.807, 2.05) is 18.2 Å². The van der Waals surface area contributed by atoms with Gasteiger partial charge in [-0.15, -0.1) is 0 Å². The minimum atomic E-state index is -0.318. The number of carbonyl (C=O) groups excluding carboxylic acids is 1. The second-order valence-corrected chi connectivity index (χ2v) is 5.09. The molecule has 0 aliphatic heterocycles. The van der Waals surface area contributed by atoms with E-state index < -0.39 is 0 Å². The number of rotatable bonds is 5. The van der Waals surface area contributed by atoms with Crippen molar-refractivity contribution in [3.63, 3.8) is 0 Å². The largest absolute Gasteiger partial charge is 0.345 e. The molecule has 2 aromatic heterocycles. The van der Waals surface area contributed by atoms with Crippen molar-refractivity contribution in [2.24, 2.45) is 0 Å². The van der Waals surface area contributed by atoms with Crippen molar-refractivity contribution < 1.29 is 4.79 Å². The number of hydrogen-bond acceptors (Lipinski definition) is 6. The lowest BCUT2D eigenvalue weighted by Crippen LogP contribution is -2.24. The molecule has 0 unspecified atom stereocenters. The third-order valence-corrected chi connectivity index (χ3v) is 3.29. The first-order chi connectivity index (χ1) is 12.2. The first-order valence-electron chi connectivity index (χ1n) is 7.53. The maximum Gasteiger partial charge on any atom is 0.270 e. The Hall–Kier alpha value is -3.79. The van der Waals surface area contributed by atoms with Crippen molar-refractivity contribution in [3.05, 3.63) is 77.9 Å². The van der Waals surface area contributed by atoms with E-state index >= 15 is 0 Å². The van der Waals surface area contributed by atoms with E-state index in [9.17, 15) is 4.79 Å². The third-order valence-electron chi connectivity index (χ3n) is 3.29. The van der Waals surface area contributed by atoms with Gasteiger partial charge in [0.05, 0.1) is 23.9 Å². The Labute approximate surface area is 144 Å². The standard InChI is InChI=1S/C18H14N6O/c19-11-13-4-3-6-14(10-13)23-18-21-9-7-16(24-18)17(25)22-12-15-5-1-2-8-20-15/h1-10H,12H2,(H,22,25)(H,21,23,24). The number of carbonyl (C=O) groups is 1. The van der Waals surface area contributed by atoms with E-state index in [0.29, 0.717) is 17.8 Å². The summed E-state index contributed by atoms with van der Waals surface area (Å²) >= 11 is 0. The lowest BCUT2D eigenvalue weighted by molar-refractivity contribution is 0.0945.